The lowest BCUT2D eigenvalue weighted by molar-refractivity contribution is 0.344. The number of nitrogens with one attached hydrogen (secondary N) is 2. The Morgan fingerprint density at radius 3 is 2.77 bits per heavy atom. The first kappa shape index (κ1) is 20.6. The van der Waals surface area contributed by atoms with E-state index in [2.05, 4.69) is 34.6 Å². The van der Waals surface area contributed by atoms with Crippen molar-refractivity contribution in [3.05, 3.63) is 41.6 Å². The molecule has 6 nitrogen and oxygen atoms in total. The molecule has 1 aromatic heterocycles. The van der Waals surface area contributed by atoms with Gasteiger partial charge in [0.1, 0.15) is 5.82 Å². The number of rotatable bonds is 7. The number of aryl methyl sites for hydroxylation is 1. The van der Waals surface area contributed by atoms with Crippen LogP contribution in [0, 0.1) is 11.3 Å². The van der Waals surface area contributed by atoms with Crippen LogP contribution in [0.4, 0.5) is 17.5 Å². The van der Waals surface area contributed by atoms with Crippen molar-refractivity contribution < 1.29 is 0 Å². The van der Waals surface area contributed by atoms with Crippen molar-refractivity contribution in [2.24, 2.45) is 0 Å². The second kappa shape index (κ2) is 9.90. The lowest BCUT2D eigenvalue weighted by Crippen LogP contribution is -2.41. The van der Waals surface area contributed by atoms with E-state index in [1.807, 2.05) is 18.2 Å². The Morgan fingerprint density at radius 2 is 1.97 bits per heavy atom. The third-order valence-electron chi connectivity index (χ3n) is 6.11. The number of aromatic nitrogens is 2. The van der Waals surface area contributed by atoms with E-state index in [0.717, 1.165) is 49.6 Å². The van der Waals surface area contributed by atoms with Crippen LogP contribution in [0.5, 0.6) is 0 Å². The van der Waals surface area contributed by atoms with Crippen LogP contribution in [0.15, 0.2) is 30.3 Å². The summed E-state index contributed by atoms with van der Waals surface area (Å²) in [7, 11) is 0. The molecular weight excluding hydrogens is 372 g/mol. The van der Waals surface area contributed by atoms with Crippen LogP contribution in [0.1, 0.15) is 63.1 Å². The highest BCUT2D eigenvalue weighted by atomic mass is 15.3. The van der Waals surface area contributed by atoms with Crippen molar-refractivity contribution in [1.82, 2.24) is 15.3 Å². The molecule has 2 heterocycles. The predicted octanol–water partition coefficient (Wildman–Crippen LogP) is 4.55. The number of benzene rings is 1. The number of nitrogens with zero attached hydrogens (tertiary/aromatic N) is 4. The maximum atomic E-state index is 9.15. The standard InChI is InChI=1S/C24H32N6/c1-2-7-20-15-23(29-24(27-20)28-21-11-6-8-18(14-21)16-25)30-13-12-22(17-30)26-19-9-4-3-5-10-19/h6,8,11,14-15,19,22,26H,2-5,7,9-10,12-13,17H2,1H3,(H,27,28,29). The molecule has 158 valence electrons. The Morgan fingerprint density at radius 1 is 1.10 bits per heavy atom. The molecule has 1 atom stereocenters. The second-order valence-electron chi connectivity index (χ2n) is 8.54. The summed E-state index contributed by atoms with van der Waals surface area (Å²) in [6.07, 6.45) is 9.90. The van der Waals surface area contributed by atoms with Gasteiger partial charge in [-0.25, -0.2) is 4.98 Å². The normalized spacial score (nSPS) is 19.6. The van der Waals surface area contributed by atoms with Gasteiger partial charge in [-0.1, -0.05) is 38.7 Å². The topological polar surface area (TPSA) is 76.9 Å². The Kier molecular flexibility index (Phi) is 6.81. The molecule has 1 saturated heterocycles. The van der Waals surface area contributed by atoms with Crippen LogP contribution in [0.3, 0.4) is 0 Å². The van der Waals surface area contributed by atoms with Gasteiger partial charge in [-0.15, -0.1) is 0 Å². The summed E-state index contributed by atoms with van der Waals surface area (Å²) in [4.78, 5) is 11.9. The highest BCUT2D eigenvalue weighted by molar-refractivity contribution is 5.58. The molecule has 2 aromatic rings. The van der Waals surface area contributed by atoms with Gasteiger partial charge in [0.15, 0.2) is 0 Å². The van der Waals surface area contributed by atoms with E-state index >= 15 is 0 Å². The molecule has 0 spiro atoms. The zero-order chi connectivity index (χ0) is 20.8. The first-order chi connectivity index (χ1) is 14.7. The number of anilines is 3. The van der Waals surface area contributed by atoms with Crippen molar-refractivity contribution in [1.29, 1.82) is 5.26 Å². The monoisotopic (exact) mass is 404 g/mol. The molecule has 2 aliphatic rings. The summed E-state index contributed by atoms with van der Waals surface area (Å²) >= 11 is 0. The summed E-state index contributed by atoms with van der Waals surface area (Å²) in [6.45, 7) is 4.20. The molecule has 1 aliphatic carbocycles. The van der Waals surface area contributed by atoms with Gasteiger partial charge in [0.25, 0.3) is 0 Å². The Bertz CT molecular complexity index is 884. The van der Waals surface area contributed by atoms with Gasteiger partial charge in [0, 0.05) is 42.6 Å². The molecule has 1 aromatic carbocycles. The van der Waals surface area contributed by atoms with Gasteiger partial charge in [0.05, 0.1) is 11.6 Å². The summed E-state index contributed by atoms with van der Waals surface area (Å²) in [5.74, 6) is 1.61. The highest BCUT2D eigenvalue weighted by Gasteiger charge is 2.26. The summed E-state index contributed by atoms with van der Waals surface area (Å²) in [5.41, 5.74) is 2.53. The van der Waals surface area contributed by atoms with Gasteiger partial charge >= 0.3 is 0 Å². The predicted molar refractivity (Wildman–Crippen MR) is 121 cm³/mol. The molecule has 6 heteroatoms. The first-order valence-corrected chi connectivity index (χ1v) is 11.4. The summed E-state index contributed by atoms with van der Waals surface area (Å²) < 4.78 is 0. The molecule has 4 rings (SSSR count). The Labute approximate surface area is 179 Å². The zero-order valence-corrected chi connectivity index (χ0v) is 17.9. The van der Waals surface area contributed by atoms with E-state index in [1.54, 1.807) is 6.07 Å². The zero-order valence-electron chi connectivity index (χ0n) is 17.9. The van der Waals surface area contributed by atoms with Gasteiger partial charge in [-0.2, -0.15) is 10.2 Å². The average molecular weight is 405 g/mol. The van der Waals surface area contributed by atoms with E-state index in [1.165, 1.54) is 32.1 Å². The van der Waals surface area contributed by atoms with E-state index in [9.17, 15) is 0 Å². The molecule has 0 bridgehead atoms. The van der Waals surface area contributed by atoms with Gasteiger partial charge in [-0.05, 0) is 43.9 Å². The minimum atomic E-state index is 0.543. The average Bonchev–Trinajstić information content (AvgIpc) is 3.23. The first-order valence-electron chi connectivity index (χ1n) is 11.4. The largest absolute Gasteiger partial charge is 0.355 e. The quantitative estimate of drug-likeness (QED) is 0.705. The maximum absolute atomic E-state index is 9.15. The minimum Gasteiger partial charge on any atom is -0.355 e. The van der Waals surface area contributed by atoms with Crippen LogP contribution < -0.4 is 15.5 Å². The van der Waals surface area contributed by atoms with Gasteiger partial charge in [0.2, 0.25) is 5.95 Å². The summed E-state index contributed by atoms with van der Waals surface area (Å²) in [5, 5.41) is 16.3. The van der Waals surface area contributed by atoms with Crippen molar-refractivity contribution in [3.63, 3.8) is 0 Å². The van der Waals surface area contributed by atoms with E-state index in [4.69, 9.17) is 15.2 Å². The molecule has 1 aliphatic heterocycles. The van der Waals surface area contributed by atoms with Gasteiger partial charge < -0.3 is 15.5 Å². The van der Waals surface area contributed by atoms with Crippen molar-refractivity contribution in [2.45, 2.75) is 70.4 Å². The lowest BCUT2D eigenvalue weighted by atomic mass is 9.95. The van der Waals surface area contributed by atoms with Crippen LogP contribution in [0.25, 0.3) is 0 Å². The smallest absolute Gasteiger partial charge is 0.229 e. The highest BCUT2D eigenvalue weighted by Crippen LogP contribution is 2.25. The number of hydrogen-bond donors (Lipinski definition) is 2. The summed E-state index contributed by atoms with van der Waals surface area (Å²) in [6, 6.07) is 13.0. The minimum absolute atomic E-state index is 0.543. The van der Waals surface area contributed by atoms with E-state index < -0.39 is 0 Å². The van der Waals surface area contributed by atoms with E-state index in [0.29, 0.717) is 23.6 Å². The van der Waals surface area contributed by atoms with Crippen LogP contribution in [-0.4, -0.2) is 35.1 Å². The third-order valence-corrected chi connectivity index (χ3v) is 6.11. The fraction of sp³-hybridized carbons (Fsp3) is 0.542. The molecule has 0 radical (unpaired) electrons. The molecule has 0 amide bonds. The lowest BCUT2D eigenvalue weighted by Gasteiger charge is -2.26. The van der Waals surface area contributed by atoms with Crippen molar-refractivity contribution in [2.75, 3.05) is 23.3 Å². The van der Waals surface area contributed by atoms with Crippen LogP contribution in [-0.2, 0) is 6.42 Å². The fourth-order valence-corrected chi connectivity index (χ4v) is 4.59. The maximum Gasteiger partial charge on any atom is 0.229 e. The molecule has 30 heavy (non-hydrogen) atoms. The Hall–Kier alpha value is -2.65. The van der Waals surface area contributed by atoms with Crippen LogP contribution >= 0.6 is 0 Å². The van der Waals surface area contributed by atoms with Crippen LogP contribution in [0.2, 0.25) is 0 Å². The molecule has 1 unspecified atom stereocenters. The Balaban J connectivity index is 1.47. The number of hydrogen-bond acceptors (Lipinski definition) is 6. The third kappa shape index (κ3) is 5.28. The molecule has 2 N–H and O–H groups in total. The second-order valence-corrected chi connectivity index (χ2v) is 8.54. The van der Waals surface area contributed by atoms with Gasteiger partial charge in [-0.3, -0.25) is 0 Å². The van der Waals surface area contributed by atoms with Crippen molar-refractivity contribution >= 4 is 17.5 Å². The molecular formula is C24H32N6. The SMILES string of the molecule is CCCc1cc(N2CCC(NC3CCCCC3)C2)nc(Nc2cccc(C#N)c2)n1. The molecule has 2 fully saturated rings. The molecule has 1 saturated carbocycles. The number of nitriles is 1. The fourth-order valence-electron chi connectivity index (χ4n) is 4.59. The van der Waals surface area contributed by atoms with E-state index in [-0.39, 0.29) is 0 Å². The van der Waals surface area contributed by atoms with Crippen molar-refractivity contribution in [3.8, 4) is 6.07 Å².